The van der Waals surface area contributed by atoms with Gasteiger partial charge in [0.05, 0.1) is 13.2 Å². The highest BCUT2D eigenvalue weighted by molar-refractivity contribution is 6.30. The monoisotopic (exact) mass is 716 g/mol. The number of fused-ring (bicyclic) bond motifs is 3. The van der Waals surface area contributed by atoms with Crippen molar-refractivity contribution in [3.05, 3.63) is 117 Å². The summed E-state index contributed by atoms with van der Waals surface area (Å²) >= 11 is 5.72. The quantitative estimate of drug-likeness (QED) is 0.211. The first-order chi connectivity index (χ1) is 24.3. The SMILES string of the molecule is CC(C)c1ccc(Cl)cc1.CC(C)c1ccc2c(c1)CCCO2.CC(C)c1ccc2c(c1)OCCO2.Cc1c(C(C)C)cc(F)c2c1CCCO2. The molecule has 0 aromatic heterocycles. The fraction of sp³-hybridized carbons (Fsp3) is 0.467. The summed E-state index contributed by atoms with van der Waals surface area (Å²) < 4.78 is 35.6. The van der Waals surface area contributed by atoms with Crippen molar-refractivity contribution in [2.75, 3.05) is 26.4 Å². The Balaban J connectivity index is 0.000000154. The Morgan fingerprint density at radius 2 is 1.08 bits per heavy atom. The molecule has 0 spiro atoms. The summed E-state index contributed by atoms with van der Waals surface area (Å²) in [6.45, 7) is 22.2. The van der Waals surface area contributed by atoms with E-state index >= 15 is 0 Å². The average molecular weight is 717 g/mol. The molecule has 4 nitrogen and oxygen atoms in total. The van der Waals surface area contributed by atoms with Crippen molar-refractivity contribution in [3.8, 4) is 23.0 Å². The number of ether oxygens (including phenoxy) is 4. The Morgan fingerprint density at radius 3 is 1.71 bits per heavy atom. The minimum Gasteiger partial charge on any atom is -0.493 e. The first-order valence-corrected chi connectivity index (χ1v) is 19.1. The van der Waals surface area contributed by atoms with Crippen LogP contribution < -0.4 is 18.9 Å². The first kappa shape index (κ1) is 40.1. The first-order valence-electron chi connectivity index (χ1n) is 18.7. The van der Waals surface area contributed by atoms with Crippen LogP contribution in [0.5, 0.6) is 23.0 Å². The van der Waals surface area contributed by atoms with E-state index in [9.17, 15) is 4.39 Å². The van der Waals surface area contributed by atoms with Crippen LogP contribution in [0.3, 0.4) is 0 Å². The molecule has 0 fully saturated rings. The van der Waals surface area contributed by atoms with Crippen LogP contribution in [0, 0.1) is 12.7 Å². The molecule has 3 aliphatic heterocycles. The average Bonchev–Trinajstić information content (AvgIpc) is 3.13. The van der Waals surface area contributed by atoms with Crippen molar-refractivity contribution in [3.63, 3.8) is 0 Å². The Labute approximate surface area is 311 Å². The van der Waals surface area contributed by atoms with Crippen molar-refractivity contribution in [1.82, 2.24) is 0 Å². The summed E-state index contributed by atoms with van der Waals surface area (Å²) in [4.78, 5) is 0. The van der Waals surface area contributed by atoms with Crippen LogP contribution in [-0.4, -0.2) is 26.4 Å². The van der Waals surface area contributed by atoms with E-state index in [0.29, 0.717) is 49.2 Å². The molecule has 4 aromatic carbocycles. The number of halogens is 2. The van der Waals surface area contributed by atoms with Crippen molar-refractivity contribution in [1.29, 1.82) is 0 Å². The maximum atomic E-state index is 13.7. The van der Waals surface area contributed by atoms with E-state index < -0.39 is 0 Å². The van der Waals surface area contributed by atoms with E-state index in [1.807, 2.05) is 18.2 Å². The number of hydrogen-bond acceptors (Lipinski definition) is 4. The molecule has 51 heavy (non-hydrogen) atoms. The van der Waals surface area contributed by atoms with Crippen LogP contribution in [0.2, 0.25) is 5.02 Å². The van der Waals surface area contributed by atoms with Gasteiger partial charge >= 0.3 is 0 Å². The third-order valence-corrected chi connectivity index (χ3v) is 9.72. The van der Waals surface area contributed by atoms with Crippen molar-refractivity contribution in [2.24, 2.45) is 0 Å². The minimum atomic E-state index is -0.195. The molecule has 0 unspecified atom stereocenters. The Bertz CT molecular complexity index is 1630. The molecule has 0 aliphatic carbocycles. The summed E-state index contributed by atoms with van der Waals surface area (Å²) in [5.74, 6) is 5.26. The van der Waals surface area contributed by atoms with E-state index in [2.05, 4.69) is 105 Å². The summed E-state index contributed by atoms with van der Waals surface area (Å²) in [7, 11) is 0. The molecule has 4 aromatic rings. The van der Waals surface area contributed by atoms with Gasteiger partial charge < -0.3 is 18.9 Å². The predicted octanol–water partition coefficient (Wildman–Crippen LogP) is 12.8. The molecule has 0 radical (unpaired) electrons. The van der Waals surface area contributed by atoms with Crippen LogP contribution in [0.1, 0.15) is 131 Å². The number of aryl methyl sites for hydroxylation is 1. The summed E-state index contributed by atoms with van der Waals surface area (Å²) in [5.41, 5.74) is 8.83. The standard InChI is InChI=1S/C13H17FO.C12H16O.C11H14O2.C9H11Cl/c1-8(2)11-7-12(14)13-10(9(11)3)5-4-6-15-13;1-9(2)10-5-6-12-11(8-10)4-3-7-13-12;1-8(2)9-3-4-10-11(7-9)13-6-5-12-10;1-7(2)8-3-5-9(10)6-4-8/h7-8H,4-6H2,1-3H3;5-6,8-9H,3-4,7H2,1-2H3;3-4,7-8H,5-6H2,1-2H3;3-7H,1-2H3. The van der Waals surface area contributed by atoms with Gasteiger partial charge in [-0.3, -0.25) is 0 Å². The van der Waals surface area contributed by atoms with Crippen molar-refractivity contribution in [2.45, 2.75) is 112 Å². The fourth-order valence-electron chi connectivity index (χ4n) is 6.29. The highest BCUT2D eigenvalue weighted by Gasteiger charge is 2.21. The molecule has 0 N–H and O–H groups in total. The topological polar surface area (TPSA) is 36.9 Å². The second-order valence-corrected chi connectivity index (χ2v) is 15.2. The van der Waals surface area contributed by atoms with Crippen LogP contribution in [-0.2, 0) is 12.8 Å². The van der Waals surface area contributed by atoms with Crippen LogP contribution in [0.15, 0.2) is 66.7 Å². The highest BCUT2D eigenvalue weighted by Crippen LogP contribution is 2.36. The maximum absolute atomic E-state index is 13.7. The van der Waals surface area contributed by atoms with Crippen molar-refractivity contribution >= 4 is 11.6 Å². The molecular formula is C45H58ClFO4. The lowest BCUT2D eigenvalue weighted by Crippen LogP contribution is -2.15. The second kappa shape index (κ2) is 19.2. The van der Waals surface area contributed by atoms with E-state index in [1.165, 1.54) is 34.2 Å². The Hall–Kier alpha value is -3.70. The van der Waals surface area contributed by atoms with Crippen molar-refractivity contribution < 1.29 is 23.3 Å². The normalized spacial score (nSPS) is 14.1. The smallest absolute Gasteiger partial charge is 0.165 e. The van der Waals surface area contributed by atoms with Gasteiger partial charge in [0.25, 0.3) is 0 Å². The number of benzene rings is 4. The molecule has 0 saturated carbocycles. The second-order valence-electron chi connectivity index (χ2n) is 14.7. The molecule has 0 saturated heterocycles. The lowest BCUT2D eigenvalue weighted by atomic mass is 9.90. The molecule has 3 aliphatic rings. The summed E-state index contributed by atoms with van der Waals surface area (Å²) in [5, 5.41) is 0.810. The zero-order valence-electron chi connectivity index (χ0n) is 32.2. The summed E-state index contributed by atoms with van der Waals surface area (Å²) in [6.07, 6.45) is 4.28. The highest BCUT2D eigenvalue weighted by atomic mass is 35.5. The maximum Gasteiger partial charge on any atom is 0.165 e. The van der Waals surface area contributed by atoms with E-state index in [0.717, 1.165) is 59.3 Å². The van der Waals surface area contributed by atoms with Gasteiger partial charge in [0, 0.05) is 10.6 Å². The zero-order valence-corrected chi connectivity index (χ0v) is 33.0. The minimum absolute atomic E-state index is 0.195. The lowest BCUT2D eigenvalue weighted by Gasteiger charge is -2.23. The predicted molar refractivity (Wildman–Crippen MR) is 210 cm³/mol. The van der Waals surface area contributed by atoms with E-state index in [1.54, 1.807) is 6.07 Å². The molecular weight excluding hydrogens is 659 g/mol. The third kappa shape index (κ3) is 11.4. The van der Waals surface area contributed by atoms with Gasteiger partial charge in [0.1, 0.15) is 19.0 Å². The van der Waals surface area contributed by atoms with E-state index in [-0.39, 0.29) is 5.82 Å². The molecule has 276 valence electrons. The number of rotatable bonds is 4. The molecule has 0 amide bonds. The zero-order chi connectivity index (χ0) is 37.1. The van der Waals surface area contributed by atoms with Gasteiger partial charge in [-0.25, -0.2) is 4.39 Å². The van der Waals surface area contributed by atoms with Gasteiger partial charge in [0.2, 0.25) is 0 Å². The Kier molecular flexibility index (Phi) is 15.1. The van der Waals surface area contributed by atoms with Crippen LogP contribution in [0.4, 0.5) is 4.39 Å². The van der Waals surface area contributed by atoms with Gasteiger partial charge in [-0.15, -0.1) is 0 Å². The number of hydrogen-bond donors (Lipinski definition) is 0. The molecule has 0 atom stereocenters. The molecule has 3 heterocycles. The van der Waals surface area contributed by atoms with Gasteiger partial charge in [-0.2, -0.15) is 0 Å². The lowest BCUT2D eigenvalue weighted by molar-refractivity contribution is 0.171. The van der Waals surface area contributed by atoms with E-state index in [4.69, 9.17) is 30.5 Å². The fourth-order valence-corrected chi connectivity index (χ4v) is 6.41. The molecule has 6 heteroatoms. The summed E-state index contributed by atoms with van der Waals surface area (Å²) in [6, 6.07) is 22.3. The Morgan fingerprint density at radius 1 is 0.549 bits per heavy atom. The van der Waals surface area contributed by atoms with Gasteiger partial charge in [0.15, 0.2) is 23.1 Å². The molecule has 7 rings (SSSR count). The third-order valence-electron chi connectivity index (χ3n) is 9.47. The van der Waals surface area contributed by atoms with Crippen LogP contribution >= 0.6 is 11.6 Å². The van der Waals surface area contributed by atoms with Gasteiger partial charge in [-0.1, -0.05) is 97.3 Å². The largest absolute Gasteiger partial charge is 0.493 e. The van der Waals surface area contributed by atoms with Crippen LogP contribution in [0.25, 0.3) is 0 Å². The molecule has 0 bridgehead atoms. The van der Waals surface area contributed by atoms with Gasteiger partial charge in [-0.05, 0) is 126 Å².